The van der Waals surface area contributed by atoms with Crippen molar-refractivity contribution in [3.8, 4) is 11.1 Å². The Labute approximate surface area is 285 Å². The molecule has 1 saturated heterocycles. The molecule has 8 rings (SSSR count). The van der Waals surface area contributed by atoms with Crippen LogP contribution in [0.2, 0.25) is 0 Å². The second kappa shape index (κ2) is 11.9. The van der Waals surface area contributed by atoms with Gasteiger partial charge in [0.2, 0.25) is 0 Å². The summed E-state index contributed by atoms with van der Waals surface area (Å²) in [5.41, 5.74) is 10.8. The molecule has 0 spiro atoms. The van der Waals surface area contributed by atoms with Crippen molar-refractivity contribution >= 4 is 64.9 Å². The number of aromatic amines is 2. The molecule has 0 radical (unpaired) electrons. The molecule has 9 heteroatoms. The smallest absolute Gasteiger partial charge is 0.399 e. The number of benzene rings is 2. The average molecular weight is 646 g/mol. The maximum Gasteiger partial charge on any atom is 0.494 e. The molecule has 3 aliphatic heterocycles. The van der Waals surface area contributed by atoms with E-state index < -0.39 is 18.3 Å². The van der Waals surface area contributed by atoms with Crippen LogP contribution in [0.4, 0.5) is 0 Å². The van der Waals surface area contributed by atoms with E-state index in [9.17, 15) is 4.79 Å². The van der Waals surface area contributed by atoms with Gasteiger partial charge < -0.3 is 24.6 Å². The molecular formula is C40H36BN5O3. The summed E-state index contributed by atoms with van der Waals surface area (Å²) < 4.78 is 12.3. The van der Waals surface area contributed by atoms with E-state index in [4.69, 9.17) is 19.3 Å². The van der Waals surface area contributed by atoms with E-state index in [2.05, 4.69) is 33.5 Å². The van der Waals surface area contributed by atoms with Crippen LogP contribution in [0.15, 0.2) is 91.0 Å². The molecule has 8 nitrogen and oxygen atoms in total. The standard InChI is InChI=1S/C40H36BN5O3/c1-39(2)40(3,4)49-41(48-39)28-11-5-25(6-12-28)24-42-38(47)27-9-7-26(8-10-27)37-35-19-17-33(45-35)22-31-15-13-29(43-31)21-30-14-16-32(44-30)23-34-18-20-36(37)46-34/h5-23,43-44H,24H2,1-4H3,(H,42,47). The van der Waals surface area contributed by atoms with Gasteiger partial charge in [0.1, 0.15) is 0 Å². The fourth-order valence-corrected chi connectivity index (χ4v) is 6.15. The van der Waals surface area contributed by atoms with Gasteiger partial charge in [-0.05, 0) is 123 Å². The van der Waals surface area contributed by atoms with E-state index in [0.717, 1.165) is 67.0 Å². The van der Waals surface area contributed by atoms with Gasteiger partial charge in [0.15, 0.2) is 0 Å². The van der Waals surface area contributed by atoms with Crippen molar-refractivity contribution in [3.63, 3.8) is 0 Å². The Bertz CT molecular complexity index is 2210. The summed E-state index contributed by atoms with van der Waals surface area (Å²) >= 11 is 0. The first-order chi connectivity index (χ1) is 23.6. The van der Waals surface area contributed by atoms with Crippen LogP contribution >= 0.6 is 0 Å². The van der Waals surface area contributed by atoms with E-state index in [0.29, 0.717) is 12.1 Å². The molecule has 0 saturated carbocycles. The van der Waals surface area contributed by atoms with Gasteiger partial charge in [-0.15, -0.1) is 0 Å². The maximum absolute atomic E-state index is 13.2. The SMILES string of the molecule is CC1(C)OB(c2ccc(CNC(=O)c3ccc(-c4c5nc(cc6ccc(cc7ccc(cc8nc4C=C8)[nH]7)[nH]6)C=C5)cc3)cc2)OC1(C)C. The van der Waals surface area contributed by atoms with Crippen molar-refractivity contribution in [3.05, 3.63) is 125 Å². The molecule has 0 aliphatic carbocycles. The Morgan fingerprint density at radius 1 is 0.673 bits per heavy atom. The second-order valence-corrected chi connectivity index (χ2v) is 13.6. The van der Waals surface area contributed by atoms with Gasteiger partial charge in [-0.2, -0.15) is 0 Å². The number of hydrogen-bond donors (Lipinski definition) is 3. The van der Waals surface area contributed by atoms with Crippen molar-refractivity contribution in [1.82, 2.24) is 25.3 Å². The third-order valence-corrected chi connectivity index (χ3v) is 9.61. The number of H-pyrrole nitrogens is 2. The minimum Gasteiger partial charge on any atom is -0.399 e. The number of hydrogen-bond acceptors (Lipinski definition) is 5. The molecule has 0 atom stereocenters. The summed E-state index contributed by atoms with van der Waals surface area (Å²) in [5, 5.41) is 3.05. The summed E-state index contributed by atoms with van der Waals surface area (Å²) in [6.07, 6.45) is 8.05. The summed E-state index contributed by atoms with van der Waals surface area (Å²) in [6, 6.07) is 29.9. The normalized spacial score (nSPS) is 15.9. The van der Waals surface area contributed by atoms with Gasteiger partial charge in [0, 0.05) is 39.7 Å². The van der Waals surface area contributed by atoms with Gasteiger partial charge >= 0.3 is 7.12 Å². The molecular weight excluding hydrogens is 609 g/mol. The van der Waals surface area contributed by atoms with E-state index in [1.807, 2.05) is 125 Å². The second-order valence-electron chi connectivity index (χ2n) is 13.6. The minimum absolute atomic E-state index is 0.149. The minimum atomic E-state index is -0.418. The van der Waals surface area contributed by atoms with Crippen LogP contribution in [0.3, 0.4) is 0 Å². The van der Waals surface area contributed by atoms with Crippen LogP contribution in [-0.4, -0.2) is 44.2 Å². The highest BCUT2D eigenvalue weighted by Gasteiger charge is 2.51. The molecule has 49 heavy (non-hydrogen) atoms. The molecule has 2 aromatic carbocycles. The van der Waals surface area contributed by atoms with Crippen molar-refractivity contribution in [2.75, 3.05) is 0 Å². The quantitative estimate of drug-likeness (QED) is 0.168. The Morgan fingerprint density at radius 3 is 1.71 bits per heavy atom. The first-order valence-corrected chi connectivity index (χ1v) is 16.5. The van der Waals surface area contributed by atoms with Crippen LogP contribution in [0, 0.1) is 0 Å². The highest BCUT2D eigenvalue weighted by Crippen LogP contribution is 2.36. The van der Waals surface area contributed by atoms with E-state index >= 15 is 0 Å². The summed E-state index contributed by atoms with van der Waals surface area (Å²) in [6.45, 7) is 8.57. The van der Waals surface area contributed by atoms with E-state index in [1.165, 1.54) is 0 Å². The fourth-order valence-electron chi connectivity index (χ4n) is 6.15. The van der Waals surface area contributed by atoms with E-state index in [1.54, 1.807) is 0 Å². The number of aromatic nitrogens is 4. The number of carbonyl (C=O) groups is 1. The number of amides is 1. The summed E-state index contributed by atoms with van der Waals surface area (Å²) in [7, 11) is -0.418. The lowest BCUT2D eigenvalue weighted by Crippen LogP contribution is -2.41. The molecule has 8 bridgehead atoms. The largest absolute Gasteiger partial charge is 0.494 e. The number of fused-ring (bicyclic) bond motifs is 8. The number of nitrogens with zero attached hydrogens (tertiary/aromatic N) is 2. The van der Waals surface area contributed by atoms with E-state index in [-0.39, 0.29) is 5.91 Å². The van der Waals surface area contributed by atoms with Crippen LogP contribution in [-0.2, 0) is 15.9 Å². The van der Waals surface area contributed by atoms with Gasteiger partial charge in [-0.1, -0.05) is 36.4 Å². The predicted octanol–water partition coefficient (Wildman–Crippen LogP) is 7.55. The monoisotopic (exact) mass is 645 g/mol. The maximum atomic E-state index is 13.2. The lowest BCUT2D eigenvalue weighted by atomic mass is 9.79. The Morgan fingerprint density at radius 2 is 1.18 bits per heavy atom. The highest BCUT2D eigenvalue weighted by molar-refractivity contribution is 6.62. The third-order valence-electron chi connectivity index (χ3n) is 9.61. The zero-order chi connectivity index (χ0) is 33.8. The summed E-state index contributed by atoms with van der Waals surface area (Å²) in [5.74, 6) is -0.149. The van der Waals surface area contributed by atoms with Gasteiger partial charge in [-0.3, -0.25) is 4.79 Å². The first-order valence-electron chi connectivity index (χ1n) is 16.5. The van der Waals surface area contributed by atoms with Gasteiger partial charge in [-0.25, -0.2) is 9.97 Å². The van der Waals surface area contributed by atoms with Crippen LogP contribution in [0.5, 0.6) is 0 Å². The molecule has 3 aliphatic rings. The van der Waals surface area contributed by atoms with Crippen LogP contribution in [0.25, 0.3) is 57.5 Å². The number of rotatable bonds is 5. The molecule has 6 heterocycles. The number of nitrogens with one attached hydrogen (secondary N) is 3. The molecule has 5 aromatic rings. The topological polar surface area (TPSA) is 105 Å². The summed E-state index contributed by atoms with van der Waals surface area (Å²) in [4.78, 5) is 30.0. The average Bonchev–Trinajstić information content (AvgIpc) is 3.92. The van der Waals surface area contributed by atoms with Crippen molar-refractivity contribution in [2.24, 2.45) is 0 Å². The van der Waals surface area contributed by atoms with Crippen LogP contribution < -0.4 is 10.8 Å². The molecule has 242 valence electrons. The predicted molar refractivity (Wildman–Crippen MR) is 198 cm³/mol. The molecule has 1 fully saturated rings. The molecule has 0 unspecified atom stereocenters. The first kappa shape index (κ1) is 30.8. The molecule has 3 aromatic heterocycles. The van der Waals surface area contributed by atoms with Gasteiger partial charge in [0.25, 0.3) is 5.91 Å². The molecule has 3 N–H and O–H groups in total. The highest BCUT2D eigenvalue weighted by atomic mass is 16.7. The van der Waals surface area contributed by atoms with Crippen molar-refractivity contribution in [2.45, 2.75) is 45.4 Å². The zero-order valence-corrected chi connectivity index (χ0v) is 27.9. The third kappa shape index (κ3) is 6.14. The zero-order valence-electron chi connectivity index (χ0n) is 27.9. The Balaban J connectivity index is 1.05. The fraction of sp³-hybridized carbons (Fsp3) is 0.175. The Kier molecular flexibility index (Phi) is 7.47. The lowest BCUT2D eigenvalue weighted by molar-refractivity contribution is 0.00578. The van der Waals surface area contributed by atoms with Gasteiger partial charge in [0.05, 0.1) is 34.0 Å². The lowest BCUT2D eigenvalue weighted by Gasteiger charge is -2.32. The number of carbonyl (C=O) groups excluding carboxylic acids is 1. The van der Waals surface area contributed by atoms with Crippen molar-refractivity contribution < 1.29 is 14.1 Å². The Hall–Kier alpha value is -5.51. The molecule has 1 amide bonds. The van der Waals surface area contributed by atoms with Crippen molar-refractivity contribution in [1.29, 1.82) is 0 Å². The van der Waals surface area contributed by atoms with Crippen LogP contribution in [0.1, 0.15) is 66.4 Å².